The number of unbranched alkanes of at least 4 members (excludes halogenated alkanes) is 1. The first-order chi connectivity index (χ1) is 17.1. The quantitative estimate of drug-likeness (QED) is 0.264. The molecule has 9 heteroatoms. The van der Waals surface area contributed by atoms with Crippen molar-refractivity contribution in [3.8, 4) is 5.75 Å². The Bertz CT molecular complexity index is 1050. The summed E-state index contributed by atoms with van der Waals surface area (Å²) in [6.07, 6.45) is 2.35. The lowest BCUT2D eigenvalue weighted by molar-refractivity contribution is 0.0903. The van der Waals surface area contributed by atoms with Gasteiger partial charge >= 0.3 is 6.09 Å². The summed E-state index contributed by atoms with van der Waals surface area (Å²) in [7, 11) is 0. The topological polar surface area (TPSA) is 130 Å². The zero-order valence-corrected chi connectivity index (χ0v) is 19.9. The van der Waals surface area contributed by atoms with Crippen LogP contribution < -0.4 is 15.8 Å². The average molecular weight is 481 g/mol. The summed E-state index contributed by atoms with van der Waals surface area (Å²) in [5, 5.41) is 6.40. The highest BCUT2D eigenvalue weighted by Crippen LogP contribution is 2.16. The summed E-state index contributed by atoms with van der Waals surface area (Å²) in [5.41, 5.74) is 7.70. The molecule has 0 spiro atoms. The lowest BCUT2D eigenvalue weighted by Gasteiger charge is -2.15. The van der Waals surface area contributed by atoms with Crippen molar-refractivity contribution >= 4 is 11.9 Å². The third-order valence-electron chi connectivity index (χ3n) is 5.30. The van der Waals surface area contributed by atoms with E-state index in [1.54, 1.807) is 6.92 Å². The van der Waals surface area contributed by atoms with Gasteiger partial charge in [-0.2, -0.15) is 4.98 Å². The molecule has 1 amide bonds. The molecule has 0 aliphatic carbocycles. The molecule has 3 N–H and O–H groups in total. The molecule has 0 saturated carbocycles. The van der Waals surface area contributed by atoms with E-state index in [1.807, 2.05) is 42.5 Å². The van der Waals surface area contributed by atoms with E-state index in [1.165, 1.54) is 5.56 Å². The first-order valence-corrected chi connectivity index (χ1v) is 11.8. The Morgan fingerprint density at radius 1 is 1.06 bits per heavy atom. The predicted octanol–water partition coefficient (Wildman–Crippen LogP) is 3.71. The summed E-state index contributed by atoms with van der Waals surface area (Å²) in [4.78, 5) is 29.0. The van der Waals surface area contributed by atoms with Gasteiger partial charge in [0.15, 0.2) is 0 Å². The van der Waals surface area contributed by atoms with Crippen molar-refractivity contribution in [3.05, 3.63) is 77.4 Å². The van der Waals surface area contributed by atoms with Crippen LogP contribution in [0, 0.1) is 0 Å². The number of rotatable bonds is 14. The molecule has 0 aliphatic heterocycles. The van der Waals surface area contributed by atoms with E-state index in [0.29, 0.717) is 38.3 Å². The monoisotopic (exact) mass is 480 g/mol. The smallest absolute Gasteiger partial charge is 0.407 e. The summed E-state index contributed by atoms with van der Waals surface area (Å²) in [6, 6.07) is 17.0. The van der Waals surface area contributed by atoms with Crippen molar-refractivity contribution in [1.29, 1.82) is 0 Å². The second-order valence-corrected chi connectivity index (χ2v) is 7.98. The van der Waals surface area contributed by atoms with E-state index >= 15 is 0 Å². The van der Waals surface area contributed by atoms with E-state index in [-0.39, 0.29) is 12.4 Å². The molecule has 0 radical (unpaired) electrons. The Kier molecular flexibility index (Phi) is 10.3. The third kappa shape index (κ3) is 8.53. The number of nitrogens with one attached hydrogen (secondary N) is 1. The molecule has 0 saturated heterocycles. The second kappa shape index (κ2) is 13.9. The third-order valence-corrected chi connectivity index (χ3v) is 5.30. The van der Waals surface area contributed by atoms with E-state index < -0.39 is 17.9 Å². The number of benzene rings is 2. The highest BCUT2D eigenvalue weighted by molar-refractivity contribution is 5.98. The van der Waals surface area contributed by atoms with Crippen molar-refractivity contribution in [2.24, 2.45) is 5.73 Å². The van der Waals surface area contributed by atoms with Crippen molar-refractivity contribution < 1.29 is 23.6 Å². The van der Waals surface area contributed by atoms with Gasteiger partial charge in [0.1, 0.15) is 5.75 Å². The number of nitrogens with zero attached hydrogens (tertiary/aromatic N) is 2. The van der Waals surface area contributed by atoms with E-state index in [9.17, 15) is 9.59 Å². The van der Waals surface area contributed by atoms with Gasteiger partial charge in [0.25, 0.3) is 0 Å². The molecule has 186 valence electrons. The van der Waals surface area contributed by atoms with Crippen LogP contribution in [0.1, 0.15) is 53.8 Å². The van der Waals surface area contributed by atoms with E-state index in [4.69, 9.17) is 19.7 Å². The number of ketones is 1. The van der Waals surface area contributed by atoms with E-state index in [0.717, 1.165) is 24.2 Å². The first-order valence-electron chi connectivity index (χ1n) is 11.8. The zero-order chi connectivity index (χ0) is 24.9. The Morgan fingerprint density at radius 3 is 2.54 bits per heavy atom. The Hall–Kier alpha value is -3.72. The maximum atomic E-state index is 12.9. The molecule has 0 aliphatic rings. The number of aromatic nitrogens is 2. The summed E-state index contributed by atoms with van der Waals surface area (Å²) < 4.78 is 16.0. The van der Waals surface area contributed by atoms with Gasteiger partial charge in [0.05, 0.1) is 25.7 Å². The number of nitrogens with two attached hydrogens (primary N) is 1. The van der Waals surface area contributed by atoms with Crippen LogP contribution in [0.5, 0.6) is 5.75 Å². The van der Waals surface area contributed by atoms with Gasteiger partial charge in [-0.15, -0.1) is 0 Å². The van der Waals surface area contributed by atoms with Crippen molar-refractivity contribution in [3.63, 3.8) is 0 Å². The molecule has 3 rings (SSSR count). The Morgan fingerprint density at radius 2 is 1.83 bits per heavy atom. The van der Waals surface area contributed by atoms with Crippen LogP contribution in [0.25, 0.3) is 0 Å². The maximum absolute atomic E-state index is 12.9. The average Bonchev–Trinajstić information content (AvgIpc) is 3.33. The van der Waals surface area contributed by atoms with Crippen LogP contribution in [0.3, 0.4) is 0 Å². The molecular formula is C26H32N4O5. The normalized spacial score (nSPS) is 11.6. The number of carbonyl (C=O) groups excluding carboxylic acids is 2. The molecule has 35 heavy (non-hydrogen) atoms. The second-order valence-electron chi connectivity index (χ2n) is 7.98. The van der Waals surface area contributed by atoms with Crippen LogP contribution in [-0.4, -0.2) is 47.8 Å². The van der Waals surface area contributed by atoms with Crippen LogP contribution >= 0.6 is 0 Å². The van der Waals surface area contributed by atoms with Crippen molar-refractivity contribution in [2.45, 2.75) is 45.1 Å². The number of amides is 1. The molecule has 1 unspecified atom stereocenters. The molecule has 0 bridgehead atoms. The minimum atomic E-state index is -0.807. The number of carbonyl (C=O) groups is 2. The Balaban J connectivity index is 1.54. The van der Waals surface area contributed by atoms with Gasteiger partial charge in [0.2, 0.25) is 17.5 Å². The SMILES string of the molecule is CCOC(=O)NC(CCCCN)C(=O)c1noc(Cc2ccc(OCCc3ccccc3)cc2)n1. The van der Waals surface area contributed by atoms with E-state index in [2.05, 4.69) is 27.6 Å². The predicted molar refractivity (Wildman–Crippen MR) is 130 cm³/mol. The number of Topliss-reactive ketones (excluding diaryl/α,β-unsaturated/α-hetero) is 1. The minimum absolute atomic E-state index is 0.0737. The van der Waals surface area contributed by atoms with Gasteiger partial charge < -0.3 is 25.0 Å². The Labute approximate surface area is 205 Å². The molecule has 1 heterocycles. The van der Waals surface area contributed by atoms with Gasteiger partial charge in [-0.1, -0.05) is 47.6 Å². The van der Waals surface area contributed by atoms with Crippen LogP contribution in [0.2, 0.25) is 0 Å². The fourth-order valence-electron chi connectivity index (χ4n) is 3.47. The number of hydrogen-bond donors (Lipinski definition) is 2. The number of hydrogen-bond acceptors (Lipinski definition) is 8. The highest BCUT2D eigenvalue weighted by Gasteiger charge is 2.26. The fourth-order valence-corrected chi connectivity index (χ4v) is 3.47. The van der Waals surface area contributed by atoms with Gasteiger partial charge in [0, 0.05) is 6.42 Å². The summed E-state index contributed by atoms with van der Waals surface area (Å²) in [6.45, 7) is 2.99. The lowest BCUT2D eigenvalue weighted by atomic mass is 10.0. The van der Waals surface area contributed by atoms with Gasteiger partial charge in [-0.3, -0.25) is 4.79 Å². The largest absolute Gasteiger partial charge is 0.493 e. The standard InChI is InChI=1S/C26H32N4O5/c1-2-33-26(32)28-22(10-6-7-16-27)24(31)25-29-23(35-30-25)18-20-11-13-21(14-12-20)34-17-15-19-8-4-3-5-9-19/h3-5,8-9,11-14,22H,2,6-7,10,15-18,27H2,1H3,(H,28,32). The lowest BCUT2D eigenvalue weighted by Crippen LogP contribution is -2.41. The number of ether oxygens (including phenoxy) is 2. The minimum Gasteiger partial charge on any atom is -0.493 e. The van der Waals surface area contributed by atoms with Crippen LogP contribution in [0.15, 0.2) is 59.1 Å². The molecule has 0 fully saturated rings. The maximum Gasteiger partial charge on any atom is 0.407 e. The molecule has 1 atom stereocenters. The first kappa shape index (κ1) is 25.9. The summed E-state index contributed by atoms with van der Waals surface area (Å²) in [5.74, 6) is 0.585. The van der Waals surface area contributed by atoms with Crippen LogP contribution in [0.4, 0.5) is 4.79 Å². The molecule has 9 nitrogen and oxygen atoms in total. The molecule has 2 aromatic carbocycles. The highest BCUT2D eigenvalue weighted by atomic mass is 16.5. The molecular weight excluding hydrogens is 448 g/mol. The summed E-state index contributed by atoms with van der Waals surface area (Å²) >= 11 is 0. The molecule has 3 aromatic rings. The van der Waals surface area contributed by atoms with Crippen LogP contribution in [-0.2, 0) is 17.6 Å². The molecule has 1 aromatic heterocycles. The fraction of sp³-hybridized carbons (Fsp3) is 0.385. The van der Waals surface area contributed by atoms with Crippen molar-refractivity contribution in [2.75, 3.05) is 19.8 Å². The number of alkyl carbamates (subject to hydrolysis) is 1. The zero-order valence-electron chi connectivity index (χ0n) is 19.9. The van der Waals surface area contributed by atoms with Gasteiger partial charge in [-0.05, 0) is 56.0 Å². The van der Waals surface area contributed by atoms with Crippen molar-refractivity contribution in [1.82, 2.24) is 15.5 Å². The van der Waals surface area contributed by atoms with Gasteiger partial charge in [-0.25, -0.2) is 4.79 Å².